The van der Waals surface area contributed by atoms with E-state index in [0.29, 0.717) is 54.4 Å². The molecule has 1 aromatic carbocycles. The smallest absolute Gasteiger partial charge is 0.382 e. The van der Waals surface area contributed by atoms with Gasteiger partial charge >= 0.3 is 6.18 Å². The molecule has 1 heterocycles. The van der Waals surface area contributed by atoms with E-state index in [9.17, 15) is 18.0 Å². The largest absolute Gasteiger partial charge is 0.411 e. The Labute approximate surface area is 173 Å². The van der Waals surface area contributed by atoms with Crippen LogP contribution < -0.4 is 5.56 Å². The van der Waals surface area contributed by atoms with Crippen LogP contribution in [0, 0.1) is 0 Å². The van der Waals surface area contributed by atoms with Crippen molar-refractivity contribution in [1.82, 2.24) is 9.55 Å². The zero-order valence-corrected chi connectivity index (χ0v) is 17.8. The van der Waals surface area contributed by atoms with Gasteiger partial charge in [0.15, 0.2) is 5.16 Å². The SMILES string of the molecule is CCOCCCn1c(SCCCOCC(F)(F)F)nc2ccc(Br)cc2c1=O. The van der Waals surface area contributed by atoms with Crippen molar-refractivity contribution in [2.75, 3.05) is 32.2 Å². The molecule has 0 aliphatic carbocycles. The van der Waals surface area contributed by atoms with Crippen LogP contribution in [0.1, 0.15) is 19.8 Å². The van der Waals surface area contributed by atoms with Crippen LogP contribution in [0.2, 0.25) is 0 Å². The van der Waals surface area contributed by atoms with Crippen LogP contribution in [0.3, 0.4) is 0 Å². The number of ether oxygens (including phenoxy) is 2. The van der Waals surface area contributed by atoms with Crippen molar-refractivity contribution in [2.24, 2.45) is 0 Å². The third-order valence-corrected chi connectivity index (χ3v) is 5.24. The summed E-state index contributed by atoms with van der Waals surface area (Å²) in [5.41, 5.74) is 0.448. The average Bonchev–Trinajstić information content (AvgIpc) is 2.63. The van der Waals surface area contributed by atoms with Gasteiger partial charge in [0, 0.05) is 36.6 Å². The lowest BCUT2D eigenvalue weighted by molar-refractivity contribution is -0.173. The fourth-order valence-electron chi connectivity index (χ4n) is 2.46. The van der Waals surface area contributed by atoms with Crippen LogP contribution in [0.4, 0.5) is 13.2 Å². The van der Waals surface area contributed by atoms with Crippen molar-refractivity contribution >= 4 is 38.6 Å². The summed E-state index contributed by atoms with van der Waals surface area (Å²) in [4.78, 5) is 17.5. The third-order valence-electron chi connectivity index (χ3n) is 3.69. The number of hydrogen-bond acceptors (Lipinski definition) is 5. The van der Waals surface area contributed by atoms with Gasteiger partial charge in [-0.15, -0.1) is 0 Å². The number of aromatic nitrogens is 2. The highest BCUT2D eigenvalue weighted by Crippen LogP contribution is 2.21. The molecular weight excluding hydrogens is 461 g/mol. The van der Waals surface area contributed by atoms with E-state index < -0.39 is 12.8 Å². The maximum absolute atomic E-state index is 12.9. The second kappa shape index (κ2) is 11.2. The molecule has 0 amide bonds. The Hall–Kier alpha value is -1.10. The fourth-order valence-corrected chi connectivity index (χ4v) is 3.76. The summed E-state index contributed by atoms with van der Waals surface area (Å²) >= 11 is 4.71. The van der Waals surface area contributed by atoms with Crippen molar-refractivity contribution in [2.45, 2.75) is 37.6 Å². The Bertz CT molecular complexity index is 830. The van der Waals surface area contributed by atoms with Crippen LogP contribution in [0.5, 0.6) is 0 Å². The number of fused-ring (bicyclic) bond motifs is 1. The molecule has 1 aromatic heterocycles. The van der Waals surface area contributed by atoms with E-state index in [4.69, 9.17) is 4.74 Å². The van der Waals surface area contributed by atoms with E-state index in [2.05, 4.69) is 25.7 Å². The summed E-state index contributed by atoms with van der Waals surface area (Å²) in [6, 6.07) is 5.32. The molecule has 5 nitrogen and oxygen atoms in total. The van der Waals surface area contributed by atoms with E-state index in [1.165, 1.54) is 11.8 Å². The molecule has 0 spiro atoms. The first-order chi connectivity index (χ1) is 13.3. The number of hydrogen-bond donors (Lipinski definition) is 0. The van der Waals surface area contributed by atoms with E-state index >= 15 is 0 Å². The molecule has 0 saturated heterocycles. The molecular formula is C18H22BrF3N2O3S. The summed E-state index contributed by atoms with van der Waals surface area (Å²) in [5, 5.41) is 1.07. The molecule has 28 heavy (non-hydrogen) atoms. The predicted molar refractivity (Wildman–Crippen MR) is 107 cm³/mol. The topological polar surface area (TPSA) is 53.4 Å². The molecule has 156 valence electrons. The number of thioether (sulfide) groups is 1. The molecule has 10 heteroatoms. The predicted octanol–water partition coefficient (Wildman–Crippen LogP) is 4.65. The highest BCUT2D eigenvalue weighted by Gasteiger charge is 2.27. The van der Waals surface area contributed by atoms with E-state index in [-0.39, 0.29) is 12.2 Å². The van der Waals surface area contributed by atoms with Gasteiger partial charge in [0.1, 0.15) is 6.61 Å². The van der Waals surface area contributed by atoms with Crippen LogP contribution in [-0.2, 0) is 16.0 Å². The monoisotopic (exact) mass is 482 g/mol. The molecule has 0 fully saturated rings. The Balaban J connectivity index is 2.08. The second-order valence-corrected chi connectivity index (χ2v) is 7.91. The molecule has 0 radical (unpaired) electrons. The zero-order valence-electron chi connectivity index (χ0n) is 15.4. The lowest BCUT2D eigenvalue weighted by Gasteiger charge is -2.13. The normalized spacial score (nSPS) is 12.0. The quantitative estimate of drug-likeness (QED) is 0.265. The first-order valence-electron chi connectivity index (χ1n) is 8.87. The van der Waals surface area contributed by atoms with Crippen molar-refractivity contribution in [3.8, 4) is 0 Å². The Morgan fingerprint density at radius 3 is 2.68 bits per heavy atom. The lowest BCUT2D eigenvalue weighted by atomic mass is 10.2. The minimum atomic E-state index is -4.32. The van der Waals surface area contributed by atoms with Gasteiger partial charge in [-0.3, -0.25) is 9.36 Å². The van der Waals surface area contributed by atoms with Gasteiger partial charge in [0.05, 0.1) is 10.9 Å². The minimum absolute atomic E-state index is 0.00160. The van der Waals surface area contributed by atoms with Gasteiger partial charge < -0.3 is 9.47 Å². The number of benzene rings is 1. The summed E-state index contributed by atoms with van der Waals surface area (Å²) in [6.45, 7) is 2.27. The highest BCUT2D eigenvalue weighted by molar-refractivity contribution is 9.10. The van der Waals surface area contributed by atoms with Crippen LogP contribution >= 0.6 is 27.7 Å². The van der Waals surface area contributed by atoms with Crippen molar-refractivity contribution < 1.29 is 22.6 Å². The Morgan fingerprint density at radius 1 is 1.21 bits per heavy atom. The van der Waals surface area contributed by atoms with E-state index in [1.54, 1.807) is 16.7 Å². The lowest BCUT2D eigenvalue weighted by Crippen LogP contribution is -2.24. The molecule has 0 N–H and O–H groups in total. The first kappa shape index (κ1) is 23.2. The third kappa shape index (κ3) is 7.38. The fraction of sp³-hybridized carbons (Fsp3) is 0.556. The van der Waals surface area contributed by atoms with Crippen LogP contribution in [0.25, 0.3) is 10.9 Å². The minimum Gasteiger partial charge on any atom is -0.382 e. The maximum Gasteiger partial charge on any atom is 0.411 e. The first-order valence-corrected chi connectivity index (χ1v) is 10.6. The second-order valence-electron chi connectivity index (χ2n) is 5.93. The molecule has 0 bridgehead atoms. The summed E-state index contributed by atoms with van der Waals surface area (Å²) < 4.78 is 48.6. The van der Waals surface area contributed by atoms with Crippen LogP contribution in [0.15, 0.2) is 32.6 Å². The van der Waals surface area contributed by atoms with Crippen molar-refractivity contribution in [1.29, 1.82) is 0 Å². The van der Waals surface area contributed by atoms with Crippen molar-refractivity contribution in [3.05, 3.63) is 33.0 Å². The van der Waals surface area contributed by atoms with Gasteiger partial charge in [0.25, 0.3) is 5.56 Å². The number of nitrogens with zero attached hydrogens (tertiary/aromatic N) is 2. The van der Waals surface area contributed by atoms with Crippen molar-refractivity contribution in [3.63, 3.8) is 0 Å². The molecule has 0 aliphatic heterocycles. The number of rotatable bonds is 11. The highest BCUT2D eigenvalue weighted by atomic mass is 79.9. The van der Waals surface area contributed by atoms with Gasteiger partial charge in [-0.1, -0.05) is 27.7 Å². The Morgan fingerprint density at radius 2 is 1.96 bits per heavy atom. The van der Waals surface area contributed by atoms with Gasteiger partial charge in [-0.05, 0) is 38.0 Å². The number of alkyl halides is 3. The van der Waals surface area contributed by atoms with E-state index in [0.717, 1.165) is 4.47 Å². The van der Waals surface area contributed by atoms with Crippen LogP contribution in [-0.4, -0.2) is 47.9 Å². The summed E-state index contributed by atoms with van der Waals surface area (Å²) in [7, 11) is 0. The molecule has 0 aliphatic rings. The molecule has 0 saturated carbocycles. The van der Waals surface area contributed by atoms with Gasteiger partial charge in [0.2, 0.25) is 0 Å². The number of halogens is 4. The molecule has 0 atom stereocenters. The Kier molecular flexibility index (Phi) is 9.26. The summed E-state index contributed by atoms with van der Waals surface area (Å²) in [6.07, 6.45) is -3.23. The van der Waals surface area contributed by atoms with Gasteiger partial charge in [-0.25, -0.2) is 4.98 Å². The van der Waals surface area contributed by atoms with E-state index in [1.807, 2.05) is 13.0 Å². The standard InChI is InChI=1S/C18H22BrF3N2O3S/c1-2-26-8-3-7-24-16(25)14-11-13(19)5-6-15(14)23-17(24)28-10-4-9-27-12-18(20,21)22/h5-6,11H,2-4,7-10,12H2,1H3. The average molecular weight is 483 g/mol. The maximum atomic E-state index is 12.9. The van der Waals surface area contributed by atoms with Gasteiger partial charge in [-0.2, -0.15) is 13.2 Å². The zero-order chi connectivity index (χ0) is 20.6. The molecule has 2 aromatic rings. The molecule has 0 unspecified atom stereocenters. The summed E-state index contributed by atoms with van der Waals surface area (Å²) in [5.74, 6) is 0.498. The molecule has 2 rings (SSSR count).